The number of hydrogen-bond acceptors (Lipinski definition) is 4. The first-order valence-electron chi connectivity index (χ1n) is 6.53. The van der Waals surface area contributed by atoms with Crippen molar-refractivity contribution in [3.8, 4) is 0 Å². The van der Waals surface area contributed by atoms with Gasteiger partial charge in [-0.1, -0.05) is 0 Å². The van der Waals surface area contributed by atoms with Crippen molar-refractivity contribution >= 4 is 0 Å². The van der Waals surface area contributed by atoms with E-state index in [9.17, 15) is 0 Å². The lowest BCUT2D eigenvalue weighted by Gasteiger charge is -2.49. The van der Waals surface area contributed by atoms with Gasteiger partial charge in [0.15, 0.2) is 0 Å². The first-order chi connectivity index (χ1) is 7.83. The highest BCUT2D eigenvalue weighted by molar-refractivity contribution is 4.94. The minimum Gasteiger partial charge on any atom is -0.380 e. The highest BCUT2D eigenvalue weighted by atomic mass is 16.5. The van der Waals surface area contributed by atoms with Crippen molar-refractivity contribution in [2.75, 3.05) is 32.8 Å². The topological polar surface area (TPSA) is 47.7 Å². The highest BCUT2D eigenvalue weighted by Gasteiger charge is 2.40. The monoisotopic (exact) mass is 244 g/mol. The summed E-state index contributed by atoms with van der Waals surface area (Å²) in [5.74, 6) is 0. The summed E-state index contributed by atoms with van der Waals surface area (Å²) in [6.07, 6.45) is 0.242. The molecule has 0 saturated carbocycles. The molecule has 1 rings (SSSR count). The van der Waals surface area contributed by atoms with Crippen molar-refractivity contribution in [1.82, 2.24) is 4.90 Å². The van der Waals surface area contributed by atoms with Crippen LogP contribution in [0.25, 0.3) is 0 Å². The number of rotatable bonds is 5. The average Bonchev–Trinajstić information content (AvgIpc) is 2.23. The van der Waals surface area contributed by atoms with Crippen LogP contribution in [0.5, 0.6) is 0 Å². The maximum Gasteiger partial charge on any atom is 0.0757 e. The molecule has 0 aliphatic carbocycles. The van der Waals surface area contributed by atoms with Gasteiger partial charge in [-0.2, -0.15) is 0 Å². The number of ether oxygens (including phenoxy) is 2. The summed E-state index contributed by atoms with van der Waals surface area (Å²) in [4.78, 5) is 2.41. The van der Waals surface area contributed by atoms with E-state index in [1.807, 2.05) is 6.92 Å². The van der Waals surface area contributed by atoms with Crippen LogP contribution in [0.15, 0.2) is 0 Å². The molecule has 17 heavy (non-hydrogen) atoms. The summed E-state index contributed by atoms with van der Waals surface area (Å²) >= 11 is 0. The number of hydrogen-bond donors (Lipinski definition) is 1. The van der Waals surface area contributed by atoms with Gasteiger partial charge in [-0.15, -0.1) is 0 Å². The Morgan fingerprint density at radius 2 is 2.18 bits per heavy atom. The van der Waals surface area contributed by atoms with E-state index in [0.29, 0.717) is 13.2 Å². The second-order valence-corrected chi connectivity index (χ2v) is 5.91. The molecule has 0 aromatic heterocycles. The number of nitrogens with zero attached hydrogens (tertiary/aromatic N) is 1. The lowest BCUT2D eigenvalue weighted by atomic mass is 9.95. The smallest absolute Gasteiger partial charge is 0.0757 e. The summed E-state index contributed by atoms with van der Waals surface area (Å²) in [6, 6.07) is 0. The lowest BCUT2D eigenvalue weighted by molar-refractivity contribution is -0.157. The molecule has 2 unspecified atom stereocenters. The first-order valence-corrected chi connectivity index (χ1v) is 6.53. The van der Waals surface area contributed by atoms with Crippen molar-refractivity contribution in [3.05, 3.63) is 0 Å². The third-order valence-electron chi connectivity index (χ3n) is 3.39. The molecule has 0 bridgehead atoms. The molecule has 2 atom stereocenters. The second kappa shape index (κ2) is 5.65. The molecule has 0 aromatic rings. The van der Waals surface area contributed by atoms with E-state index in [2.05, 4.69) is 32.6 Å². The van der Waals surface area contributed by atoms with Gasteiger partial charge in [0.2, 0.25) is 0 Å². The Morgan fingerprint density at radius 1 is 1.53 bits per heavy atom. The van der Waals surface area contributed by atoms with Gasteiger partial charge < -0.3 is 15.2 Å². The predicted molar refractivity (Wildman–Crippen MR) is 70.2 cm³/mol. The van der Waals surface area contributed by atoms with Crippen LogP contribution in [0.3, 0.4) is 0 Å². The van der Waals surface area contributed by atoms with Crippen molar-refractivity contribution < 1.29 is 9.47 Å². The highest BCUT2D eigenvalue weighted by Crippen LogP contribution is 2.26. The molecule has 2 N–H and O–H groups in total. The fourth-order valence-electron chi connectivity index (χ4n) is 2.47. The van der Waals surface area contributed by atoms with Crippen LogP contribution in [0.2, 0.25) is 0 Å². The molecule has 1 fully saturated rings. The molecule has 1 aliphatic rings. The SMILES string of the molecule is CCOCC(C)(CN)N1CC(C)OC(C)(C)C1. The van der Waals surface area contributed by atoms with E-state index in [-0.39, 0.29) is 17.2 Å². The first kappa shape index (κ1) is 14.9. The normalized spacial score (nSPS) is 28.9. The minimum absolute atomic E-state index is 0.0919. The van der Waals surface area contributed by atoms with Crippen LogP contribution < -0.4 is 5.73 Å². The molecular formula is C13H28N2O2. The van der Waals surface area contributed by atoms with Crippen LogP contribution in [0.4, 0.5) is 0 Å². The van der Waals surface area contributed by atoms with Crippen molar-refractivity contribution in [2.24, 2.45) is 5.73 Å². The fourth-order valence-corrected chi connectivity index (χ4v) is 2.47. The molecule has 0 amide bonds. The molecular weight excluding hydrogens is 216 g/mol. The molecule has 1 heterocycles. The van der Waals surface area contributed by atoms with E-state index < -0.39 is 0 Å². The Kier molecular flexibility index (Phi) is 4.95. The zero-order chi connectivity index (χ0) is 13.1. The van der Waals surface area contributed by atoms with Gasteiger partial charge in [-0.3, -0.25) is 4.90 Å². The molecule has 4 nitrogen and oxygen atoms in total. The van der Waals surface area contributed by atoms with E-state index in [4.69, 9.17) is 15.2 Å². The lowest BCUT2D eigenvalue weighted by Crippen LogP contribution is -2.63. The number of morpholine rings is 1. The van der Waals surface area contributed by atoms with E-state index in [1.165, 1.54) is 0 Å². The minimum atomic E-state index is -0.111. The molecule has 0 radical (unpaired) electrons. The molecule has 102 valence electrons. The van der Waals surface area contributed by atoms with Gasteiger partial charge >= 0.3 is 0 Å². The quantitative estimate of drug-likeness (QED) is 0.790. The third-order valence-corrected chi connectivity index (χ3v) is 3.39. The summed E-state index contributed by atoms with van der Waals surface area (Å²) < 4.78 is 11.5. The largest absolute Gasteiger partial charge is 0.380 e. The van der Waals surface area contributed by atoms with Gasteiger partial charge in [0, 0.05) is 26.2 Å². The summed E-state index contributed by atoms with van der Waals surface area (Å²) in [5.41, 5.74) is 5.75. The van der Waals surface area contributed by atoms with Gasteiger partial charge in [0.1, 0.15) is 0 Å². The van der Waals surface area contributed by atoms with Gasteiger partial charge in [-0.25, -0.2) is 0 Å². The maximum absolute atomic E-state index is 5.95. The fraction of sp³-hybridized carbons (Fsp3) is 1.00. The van der Waals surface area contributed by atoms with Gasteiger partial charge in [0.05, 0.1) is 23.9 Å². The van der Waals surface area contributed by atoms with Crippen LogP contribution >= 0.6 is 0 Å². The van der Waals surface area contributed by atoms with Crippen LogP contribution in [-0.4, -0.2) is 55.0 Å². The number of nitrogens with two attached hydrogens (primary N) is 1. The summed E-state index contributed by atoms with van der Waals surface area (Å²) in [5, 5.41) is 0. The molecule has 0 aromatic carbocycles. The predicted octanol–water partition coefficient (Wildman–Crippen LogP) is 1.24. The molecule has 1 saturated heterocycles. The van der Waals surface area contributed by atoms with Crippen LogP contribution in [0, 0.1) is 0 Å². The Morgan fingerprint density at radius 3 is 2.65 bits per heavy atom. The summed E-state index contributed by atoms with van der Waals surface area (Å²) in [7, 11) is 0. The zero-order valence-corrected chi connectivity index (χ0v) is 12.0. The maximum atomic E-state index is 5.95. The average molecular weight is 244 g/mol. The Balaban J connectivity index is 2.73. The third kappa shape index (κ3) is 3.91. The standard InChI is InChI=1S/C13H28N2O2/c1-6-16-10-13(5,8-14)15-7-11(2)17-12(3,4)9-15/h11H,6-10,14H2,1-5H3. The van der Waals surface area contributed by atoms with Crippen LogP contribution in [0.1, 0.15) is 34.6 Å². The zero-order valence-electron chi connectivity index (χ0n) is 12.0. The van der Waals surface area contributed by atoms with Crippen molar-refractivity contribution in [3.63, 3.8) is 0 Å². The van der Waals surface area contributed by atoms with E-state index >= 15 is 0 Å². The molecule has 1 aliphatic heterocycles. The van der Waals surface area contributed by atoms with E-state index in [0.717, 1.165) is 19.7 Å². The Hall–Kier alpha value is -0.160. The Bertz CT molecular complexity index is 246. The van der Waals surface area contributed by atoms with E-state index in [1.54, 1.807) is 0 Å². The van der Waals surface area contributed by atoms with Crippen molar-refractivity contribution in [1.29, 1.82) is 0 Å². The van der Waals surface area contributed by atoms with Gasteiger partial charge in [-0.05, 0) is 34.6 Å². The van der Waals surface area contributed by atoms with Crippen LogP contribution in [-0.2, 0) is 9.47 Å². The Labute approximate surface area is 105 Å². The molecule has 4 heteroatoms. The second-order valence-electron chi connectivity index (χ2n) is 5.91. The summed E-state index contributed by atoms with van der Waals surface area (Å²) in [6.45, 7) is 14.4. The van der Waals surface area contributed by atoms with Crippen molar-refractivity contribution in [2.45, 2.75) is 51.9 Å². The van der Waals surface area contributed by atoms with Gasteiger partial charge in [0.25, 0.3) is 0 Å². The molecule has 0 spiro atoms.